The summed E-state index contributed by atoms with van der Waals surface area (Å²) in [6, 6.07) is 3.37. The van der Waals surface area contributed by atoms with E-state index in [1.54, 1.807) is 37.3 Å². The first kappa shape index (κ1) is 14.1. The molecule has 0 aliphatic heterocycles. The fraction of sp³-hybridized carbons (Fsp3) is 0.500. The molecule has 1 rings (SSSR count). The van der Waals surface area contributed by atoms with E-state index in [1.807, 2.05) is 0 Å². The summed E-state index contributed by atoms with van der Waals surface area (Å²) in [6.45, 7) is 0. The van der Waals surface area contributed by atoms with Crippen LogP contribution in [-0.4, -0.2) is 39.1 Å². The molecule has 0 fully saturated rings. The van der Waals surface area contributed by atoms with Crippen LogP contribution in [0.3, 0.4) is 0 Å². The van der Waals surface area contributed by atoms with E-state index in [4.69, 9.17) is 11.6 Å². The van der Waals surface area contributed by atoms with Crippen LogP contribution in [0.2, 0.25) is 0 Å². The number of alkyl halides is 1. The van der Waals surface area contributed by atoms with E-state index < -0.39 is 10.0 Å². The van der Waals surface area contributed by atoms with Gasteiger partial charge in [-0.25, -0.2) is 13.4 Å². The molecule has 1 aromatic rings. The van der Waals surface area contributed by atoms with E-state index in [0.29, 0.717) is 23.8 Å². The van der Waals surface area contributed by atoms with Crippen LogP contribution in [0, 0.1) is 0 Å². The van der Waals surface area contributed by atoms with Gasteiger partial charge in [-0.2, -0.15) is 0 Å². The molecular weight excluding hydrogens is 262 g/mol. The average molecular weight is 278 g/mol. The molecule has 0 aliphatic rings. The van der Waals surface area contributed by atoms with Gasteiger partial charge in [-0.05, 0) is 18.6 Å². The fourth-order valence-electron chi connectivity index (χ4n) is 1.30. The van der Waals surface area contributed by atoms with Gasteiger partial charge in [0, 0.05) is 26.2 Å². The predicted octanol–water partition coefficient (Wildman–Crippen LogP) is 1.52. The molecule has 1 N–H and O–H groups in total. The molecule has 0 saturated carbocycles. The first-order valence-electron chi connectivity index (χ1n) is 5.15. The van der Waals surface area contributed by atoms with E-state index in [-0.39, 0.29) is 5.75 Å². The van der Waals surface area contributed by atoms with Crippen molar-refractivity contribution in [3.05, 3.63) is 18.3 Å². The maximum absolute atomic E-state index is 11.7. The molecule has 0 spiro atoms. The number of halogens is 1. The molecule has 0 saturated heterocycles. The molecule has 0 bridgehead atoms. The number of pyridine rings is 1. The highest BCUT2D eigenvalue weighted by Gasteiger charge is 2.13. The Hall–Kier alpha value is -1.01. The molecule has 5 nitrogen and oxygen atoms in total. The van der Waals surface area contributed by atoms with Gasteiger partial charge in [-0.3, -0.25) is 4.72 Å². The number of sulfonamides is 1. The van der Waals surface area contributed by atoms with Crippen molar-refractivity contribution >= 4 is 33.1 Å². The topological polar surface area (TPSA) is 62.3 Å². The van der Waals surface area contributed by atoms with Crippen molar-refractivity contribution in [3.63, 3.8) is 0 Å². The number of rotatable bonds is 6. The first-order chi connectivity index (χ1) is 7.96. The summed E-state index contributed by atoms with van der Waals surface area (Å²) in [5.74, 6) is 0.925. The van der Waals surface area contributed by atoms with Gasteiger partial charge in [0.25, 0.3) is 0 Å². The summed E-state index contributed by atoms with van der Waals surface area (Å²) in [6.07, 6.45) is 2.04. The molecule has 0 aromatic carbocycles. The zero-order valence-corrected chi connectivity index (χ0v) is 11.4. The standard InChI is InChI=1S/C10H16ClN3O2S/c1-14(2)10-9(5-3-7-12-10)13-17(15,16)8-4-6-11/h3,5,7,13H,4,6,8H2,1-2H3. The summed E-state index contributed by atoms with van der Waals surface area (Å²) in [5.41, 5.74) is 0.479. The summed E-state index contributed by atoms with van der Waals surface area (Å²) in [7, 11) is 0.255. The number of hydrogen-bond donors (Lipinski definition) is 1. The summed E-state index contributed by atoms with van der Waals surface area (Å²) in [5, 5.41) is 0. The monoisotopic (exact) mass is 277 g/mol. The minimum atomic E-state index is -3.35. The lowest BCUT2D eigenvalue weighted by molar-refractivity contribution is 0.600. The fourth-order valence-corrected chi connectivity index (χ4v) is 2.71. The number of aromatic nitrogens is 1. The van der Waals surface area contributed by atoms with Gasteiger partial charge in [0.1, 0.15) is 0 Å². The van der Waals surface area contributed by atoms with Crippen LogP contribution in [0.1, 0.15) is 6.42 Å². The van der Waals surface area contributed by atoms with Crippen LogP contribution in [0.4, 0.5) is 11.5 Å². The van der Waals surface area contributed by atoms with Crippen LogP contribution in [0.25, 0.3) is 0 Å². The lowest BCUT2D eigenvalue weighted by Crippen LogP contribution is -2.20. The van der Waals surface area contributed by atoms with Crippen LogP contribution in [-0.2, 0) is 10.0 Å². The van der Waals surface area contributed by atoms with Gasteiger partial charge in [-0.15, -0.1) is 11.6 Å². The molecule has 0 amide bonds. The molecule has 96 valence electrons. The third-order valence-corrected chi connectivity index (χ3v) is 3.65. The number of nitrogens with zero attached hydrogens (tertiary/aromatic N) is 2. The van der Waals surface area contributed by atoms with Crippen LogP contribution in [0.5, 0.6) is 0 Å². The first-order valence-corrected chi connectivity index (χ1v) is 7.34. The van der Waals surface area contributed by atoms with Crippen molar-refractivity contribution in [1.29, 1.82) is 0 Å². The number of nitrogens with one attached hydrogen (secondary N) is 1. The summed E-state index contributed by atoms with van der Waals surface area (Å²) >= 11 is 5.48. The largest absolute Gasteiger partial charge is 0.361 e. The number of anilines is 2. The molecular formula is C10H16ClN3O2S. The van der Waals surface area contributed by atoms with Gasteiger partial charge in [0.2, 0.25) is 10.0 Å². The molecule has 0 atom stereocenters. The molecule has 0 radical (unpaired) electrons. The van der Waals surface area contributed by atoms with Gasteiger partial charge >= 0.3 is 0 Å². The summed E-state index contributed by atoms with van der Waals surface area (Å²) < 4.78 is 25.9. The Kier molecular flexibility index (Phi) is 5.02. The van der Waals surface area contributed by atoms with Gasteiger partial charge in [0.15, 0.2) is 5.82 Å². The Morgan fingerprint density at radius 2 is 2.18 bits per heavy atom. The molecule has 0 unspecified atom stereocenters. The maximum Gasteiger partial charge on any atom is 0.232 e. The Morgan fingerprint density at radius 3 is 2.76 bits per heavy atom. The minimum absolute atomic E-state index is 0.0122. The quantitative estimate of drug-likeness (QED) is 0.801. The average Bonchev–Trinajstić information content (AvgIpc) is 2.26. The SMILES string of the molecule is CN(C)c1ncccc1NS(=O)(=O)CCCCl. The van der Waals surface area contributed by atoms with E-state index in [1.165, 1.54) is 0 Å². The van der Waals surface area contributed by atoms with E-state index >= 15 is 0 Å². The zero-order chi connectivity index (χ0) is 12.9. The van der Waals surface area contributed by atoms with Crippen molar-refractivity contribution < 1.29 is 8.42 Å². The van der Waals surface area contributed by atoms with Crippen LogP contribution >= 0.6 is 11.6 Å². The molecule has 17 heavy (non-hydrogen) atoms. The van der Waals surface area contributed by atoms with Crippen molar-refractivity contribution in [1.82, 2.24) is 4.98 Å². The van der Waals surface area contributed by atoms with Crippen molar-refractivity contribution in [3.8, 4) is 0 Å². The predicted molar refractivity (Wildman–Crippen MR) is 71.3 cm³/mol. The highest BCUT2D eigenvalue weighted by Crippen LogP contribution is 2.21. The Morgan fingerprint density at radius 1 is 1.47 bits per heavy atom. The van der Waals surface area contributed by atoms with Gasteiger partial charge in [-0.1, -0.05) is 0 Å². The third-order valence-electron chi connectivity index (χ3n) is 2.02. The second-order valence-electron chi connectivity index (χ2n) is 3.73. The van der Waals surface area contributed by atoms with Crippen molar-refractivity contribution in [2.75, 3.05) is 35.4 Å². The second-order valence-corrected chi connectivity index (χ2v) is 5.95. The lowest BCUT2D eigenvalue weighted by Gasteiger charge is -2.16. The minimum Gasteiger partial charge on any atom is -0.361 e. The van der Waals surface area contributed by atoms with E-state index in [9.17, 15) is 8.42 Å². The highest BCUT2D eigenvalue weighted by atomic mass is 35.5. The smallest absolute Gasteiger partial charge is 0.232 e. The normalized spacial score (nSPS) is 11.2. The van der Waals surface area contributed by atoms with Gasteiger partial charge in [0.05, 0.1) is 11.4 Å². The molecule has 1 heterocycles. The lowest BCUT2D eigenvalue weighted by atomic mass is 10.4. The van der Waals surface area contributed by atoms with E-state index in [0.717, 1.165) is 0 Å². The van der Waals surface area contributed by atoms with Crippen molar-refractivity contribution in [2.45, 2.75) is 6.42 Å². The third kappa shape index (κ3) is 4.40. The Balaban J connectivity index is 2.88. The van der Waals surface area contributed by atoms with Crippen molar-refractivity contribution in [2.24, 2.45) is 0 Å². The number of hydrogen-bond acceptors (Lipinski definition) is 4. The zero-order valence-electron chi connectivity index (χ0n) is 9.85. The molecule has 7 heteroatoms. The molecule has 0 aliphatic carbocycles. The van der Waals surface area contributed by atoms with Crippen LogP contribution in [0.15, 0.2) is 18.3 Å². The van der Waals surface area contributed by atoms with Crippen LogP contribution < -0.4 is 9.62 Å². The maximum atomic E-state index is 11.7. The summed E-state index contributed by atoms with van der Waals surface area (Å²) in [4.78, 5) is 5.86. The van der Waals surface area contributed by atoms with E-state index in [2.05, 4.69) is 9.71 Å². The Labute approximate surface area is 107 Å². The Bertz CT molecular complexity index is 462. The second kappa shape index (κ2) is 6.07. The molecule has 1 aromatic heterocycles. The highest BCUT2D eigenvalue weighted by molar-refractivity contribution is 7.92. The van der Waals surface area contributed by atoms with Gasteiger partial charge < -0.3 is 4.90 Å².